The number of nitrogens with zero attached hydrogens (tertiary/aromatic N) is 2. The quantitative estimate of drug-likeness (QED) is 0.852. The molecular weight excluding hydrogens is 304 g/mol. The lowest BCUT2D eigenvalue weighted by atomic mass is 9.97. The van der Waals surface area contributed by atoms with Gasteiger partial charge in [-0.1, -0.05) is 23.7 Å². The predicted octanol–water partition coefficient (Wildman–Crippen LogP) is 2.11. The fourth-order valence-corrected chi connectivity index (χ4v) is 2.82. The number of carbonyl (C=O) groups is 2. The van der Waals surface area contributed by atoms with E-state index in [2.05, 4.69) is 0 Å². The van der Waals surface area contributed by atoms with Gasteiger partial charge in [-0.05, 0) is 31.5 Å². The summed E-state index contributed by atoms with van der Waals surface area (Å²) >= 11 is 5.92. The highest BCUT2D eigenvalue weighted by Crippen LogP contribution is 2.30. The summed E-state index contributed by atoms with van der Waals surface area (Å²) in [6.07, 6.45) is -0.691. The van der Waals surface area contributed by atoms with E-state index in [0.717, 1.165) is 5.56 Å². The minimum atomic E-state index is -0.691. The first-order valence-corrected chi connectivity index (χ1v) is 7.78. The number of halogens is 1. The van der Waals surface area contributed by atoms with E-state index in [1.54, 1.807) is 29.0 Å². The zero-order valence-electron chi connectivity index (χ0n) is 13.1. The number of carbonyl (C=O) groups excluding carboxylic acids is 2. The maximum atomic E-state index is 12.7. The minimum Gasteiger partial charge on any atom is -0.356 e. The van der Waals surface area contributed by atoms with Crippen LogP contribution in [0, 0.1) is 0 Å². The Morgan fingerprint density at radius 3 is 2.45 bits per heavy atom. The molecule has 1 aliphatic heterocycles. The maximum absolute atomic E-state index is 12.7. The normalized spacial score (nSPS) is 21.8. The summed E-state index contributed by atoms with van der Waals surface area (Å²) in [6.45, 7) is 5.01. The van der Waals surface area contributed by atoms with Crippen molar-refractivity contribution in [1.82, 2.24) is 9.80 Å². The average molecular weight is 325 g/mol. The van der Waals surface area contributed by atoms with E-state index in [-0.39, 0.29) is 18.4 Å². The Morgan fingerprint density at radius 1 is 1.32 bits per heavy atom. The molecule has 2 atom stereocenters. The summed E-state index contributed by atoms with van der Waals surface area (Å²) in [5.74, 6) is -0.229. The number of amides is 2. The summed E-state index contributed by atoms with van der Waals surface area (Å²) in [6, 6.07) is 6.72. The third-order valence-electron chi connectivity index (χ3n) is 4.01. The second-order valence-corrected chi connectivity index (χ2v) is 5.68. The van der Waals surface area contributed by atoms with Gasteiger partial charge in [-0.15, -0.1) is 0 Å². The van der Waals surface area contributed by atoms with Gasteiger partial charge >= 0.3 is 0 Å². The first-order chi connectivity index (χ1) is 10.5. The molecule has 2 amide bonds. The van der Waals surface area contributed by atoms with Crippen LogP contribution in [0.3, 0.4) is 0 Å². The summed E-state index contributed by atoms with van der Waals surface area (Å²) in [5, 5.41) is 0.612. The molecule has 1 aliphatic rings. The molecule has 1 aromatic carbocycles. The number of morpholine rings is 1. The van der Waals surface area contributed by atoms with E-state index in [4.69, 9.17) is 16.3 Å². The van der Waals surface area contributed by atoms with Crippen LogP contribution in [0.1, 0.15) is 25.5 Å². The van der Waals surface area contributed by atoms with Gasteiger partial charge in [-0.25, -0.2) is 0 Å². The van der Waals surface area contributed by atoms with E-state index in [1.807, 2.05) is 26.0 Å². The van der Waals surface area contributed by atoms with Crippen LogP contribution < -0.4 is 0 Å². The van der Waals surface area contributed by atoms with Gasteiger partial charge in [0.1, 0.15) is 6.61 Å². The molecule has 5 nitrogen and oxygen atoms in total. The SMILES string of the molecule is CCN(CC)C(=O)[C@H]1OCC(=O)N(C)[C@H]1c1ccc(Cl)cc1. The summed E-state index contributed by atoms with van der Waals surface area (Å²) in [4.78, 5) is 28.0. The number of rotatable bonds is 4. The number of hydrogen-bond donors (Lipinski definition) is 0. The molecule has 0 N–H and O–H groups in total. The first-order valence-electron chi connectivity index (χ1n) is 7.41. The lowest BCUT2D eigenvalue weighted by Gasteiger charge is -2.40. The van der Waals surface area contributed by atoms with Gasteiger partial charge in [0, 0.05) is 25.2 Å². The van der Waals surface area contributed by atoms with Crippen molar-refractivity contribution in [2.45, 2.75) is 26.0 Å². The van der Waals surface area contributed by atoms with Crippen LogP contribution in [0.4, 0.5) is 0 Å². The van der Waals surface area contributed by atoms with E-state index in [0.29, 0.717) is 18.1 Å². The molecule has 6 heteroatoms. The van der Waals surface area contributed by atoms with Crippen molar-refractivity contribution in [2.75, 3.05) is 26.7 Å². The van der Waals surface area contributed by atoms with Gasteiger partial charge in [0.2, 0.25) is 5.91 Å². The number of ether oxygens (including phenoxy) is 1. The number of likely N-dealkylation sites (N-methyl/N-ethyl adjacent to an activating group) is 2. The van der Waals surface area contributed by atoms with E-state index >= 15 is 0 Å². The zero-order valence-corrected chi connectivity index (χ0v) is 13.8. The predicted molar refractivity (Wildman–Crippen MR) is 84.6 cm³/mol. The topological polar surface area (TPSA) is 49.9 Å². The summed E-state index contributed by atoms with van der Waals surface area (Å²) in [5.41, 5.74) is 0.838. The van der Waals surface area contributed by atoms with Crippen LogP contribution in [-0.2, 0) is 14.3 Å². The second kappa shape index (κ2) is 7.11. The van der Waals surface area contributed by atoms with Crippen LogP contribution >= 0.6 is 11.6 Å². The Morgan fingerprint density at radius 2 is 1.91 bits per heavy atom. The molecule has 120 valence electrons. The summed E-state index contributed by atoms with van der Waals surface area (Å²) < 4.78 is 5.59. The largest absolute Gasteiger partial charge is 0.356 e. The van der Waals surface area contributed by atoms with E-state index < -0.39 is 12.1 Å². The standard InChI is InChI=1S/C16H21ClN2O3/c1-4-19(5-2)16(21)15-14(18(3)13(20)10-22-15)11-6-8-12(17)9-7-11/h6-9,14-15H,4-5,10H2,1-3H3/t14-,15-/m0/s1. The highest BCUT2D eigenvalue weighted by molar-refractivity contribution is 6.30. The van der Waals surface area contributed by atoms with Gasteiger partial charge in [0.15, 0.2) is 6.10 Å². The highest BCUT2D eigenvalue weighted by Gasteiger charge is 2.41. The van der Waals surface area contributed by atoms with Crippen molar-refractivity contribution < 1.29 is 14.3 Å². The Balaban J connectivity index is 2.35. The Bertz CT molecular complexity index is 543. The van der Waals surface area contributed by atoms with Crippen molar-refractivity contribution in [3.05, 3.63) is 34.9 Å². The monoisotopic (exact) mass is 324 g/mol. The lowest BCUT2D eigenvalue weighted by molar-refractivity contribution is -0.167. The third kappa shape index (κ3) is 3.25. The summed E-state index contributed by atoms with van der Waals surface area (Å²) in [7, 11) is 1.70. The van der Waals surface area contributed by atoms with E-state index in [1.165, 1.54) is 0 Å². The lowest BCUT2D eigenvalue weighted by Crippen LogP contribution is -2.53. The Kier molecular flexibility index (Phi) is 5.42. The molecule has 1 aromatic rings. The van der Waals surface area contributed by atoms with Gasteiger partial charge in [-0.3, -0.25) is 9.59 Å². The van der Waals surface area contributed by atoms with Gasteiger partial charge < -0.3 is 14.5 Å². The molecule has 0 bridgehead atoms. The molecule has 2 rings (SSSR count). The van der Waals surface area contributed by atoms with Crippen LogP contribution in [0.2, 0.25) is 5.02 Å². The molecular formula is C16H21ClN2O3. The first kappa shape index (κ1) is 16.8. The molecule has 0 saturated carbocycles. The van der Waals surface area contributed by atoms with E-state index in [9.17, 15) is 9.59 Å². The molecule has 1 heterocycles. The maximum Gasteiger partial charge on any atom is 0.254 e. The molecule has 0 radical (unpaired) electrons. The fraction of sp³-hybridized carbons (Fsp3) is 0.500. The van der Waals surface area contributed by atoms with Gasteiger partial charge in [0.25, 0.3) is 5.91 Å². The molecule has 0 aromatic heterocycles. The molecule has 0 spiro atoms. The molecule has 22 heavy (non-hydrogen) atoms. The Labute approximate surface area is 135 Å². The van der Waals surface area contributed by atoms with Gasteiger partial charge in [0.05, 0.1) is 6.04 Å². The smallest absolute Gasteiger partial charge is 0.254 e. The van der Waals surface area contributed by atoms with Crippen LogP contribution in [0.15, 0.2) is 24.3 Å². The average Bonchev–Trinajstić information content (AvgIpc) is 2.52. The van der Waals surface area contributed by atoms with Crippen molar-refractivity contribution in [1.29, 1.82) is 0 Å². The number of hydrogen-bond acceptors (Lipinski definition) is 3. The van der Waals surface area contributed by atoms with Crippen LogP contribution in [0.25, 0.3) is 0 Å². The number of benzene rings is 1. The second-order valence-electron chi connectivity index (χ2n) is 5.24. The molecule has 0 aliphatic carbocycles. The van der Waals surface area contributed by atoms with Crippen molar-refractivity contribution in [2.24, 2.45) is 0 Å². The minimum absolute atomic E-state index is 0.0712. The molecule has 1 fully saturated rings. The van der Waals surface area contributed by atoms with Gasteiger partial charge in [-0.2, -0.15) is 0 Å². The van der Waals surface area contributed by atoms with Crippen molar-refractivity contribution >= 4 is 23.4 Å². The Hall–Kier alpha value is -1.59. The highest BCUT2D eigenvalue weighted by atomic mass is 35.5. The van der Waals surface area contributed by atoms with Crippen LogP contribution in [0.5, 0.6) is 0 Å². The van der Waals surface area contributed by atoms with Crippen molar-refractivity contribution in [3.63, 3.8) is 0 Å². The third-order valence-corrected chi connectivity index (χ3v) is 4.27. The van der Waals surface area contributed by atoms with Crippen LogP contribution in [-0.4, -0.2) is 54.5 Å². The van der Waals surface area contributed by atoms with Crippen molar-refractivity contribution in [3.8, 4) is 0 Å². The zero-order chi connectivity index (χ0) is 16.3. The molecule has 1 saturated heterocycles. The molecule has 0 unspecified atom stereocenters. The fourth-order valence-electron chi connectivity index (χ4n) is 2.69.